The number of benzene rings is 1. The van der Waals surface area contributed by atoms with Crippen molar-refractivity contribution in [3.05, 3.63) is 46.7 Å². The van der Waals surface area contributed by atoms with Gasteiger partial charge < -0.3 is 14.6 Å². The fourth-order valence-corrected chi connectivity index (χ4v) is 2.70. The molecule has 1 N–H and O–H groups in total. The number of nitrogens with zero attached hydrogens (tertiary/aromatic N) is 2. The van der Waals surface area contributed by atoms with Crippen LogP contribution in [0.1, 0.15) is 29.4 Å². The standard InChI is InChI=1S/C15H15BrN2O2/c1-17(12-3-2-4-13(19)8-12)15(20)14-7-10(16)9-18(14)11-5-6-11/h2-4,7-9,11,19H,5-6H2,1H3. The minimum atomic E-state index is -0.0757. The lowest BCUT2D eigenvalue weighted by Gasteiger charge is -2.18. The molecule has 0 spiro atoms. The van der Waals surface area contributed by atoms with Gasteiger partial charge in [-0.1, -0.05) is 6.07 Å². The molecule has 5 heteroatoms. The van der Waals surface area contributed by atoms with Crippen molar-refractivity contribution in [1.82, 2.24) is 4.57 Å². The molecule has 0 atom stereocenters. The Morgan fingerprint density at radius 2 is 2.15 bits per heavy atom. The van der Waals surface area contributed by atoms with E-state index in [9.17, 15) is 9.90 Å². The van der Waals surface area contributed by atoms with Gasteiger partial charge in [0.25, 0.3) is 5.91 Å². The van der Waals surface area contributed by atoms with Crippen molar-refractivity contribution < 1.29 is 9.90 Å². The molecule has 0 unspecified atom stereocenters. The first-order chi connectivity index (χ1) is 9.56. The van der Waals surface area contributed by atoms with E-state index in [0.717, 1.165) is 17.3 Å². The van der Waals surface area contributed by atoms with Crippen molar-refractivity contribution in [2.24, 2.45) is 0 Å². The maximum Gasteiger partial charge on any atom is 0.274 e. The molecule has 3 rings (SSSR count). The summed E-state index contributed by atoms with van der Waals surface area (Å²) >= 11 is 3.43. The van der Waals surface area contributed by atoms with Gasteiger partial charge in [0, 0.05) is 35.5 Å². The summed E-state index contributed by atoms with van der Waals surface area (Å²) in [4.78, 5) is 14.2. The molecule has 0 radical (unpaired) electrons. The summed E-state index contributed by atoms with van der Waals surface area (Å²) in [6.07, 6.45) is 4.20. The van der Waals surface area contributed by atoms with E-state index in [0.29, 0.717) is 17.4 Å². The predicted octanol–water partition coefficient (Wildman–Crippen LogP) is 3.57. The molecule has 104 valence electrons. The summed E-state index contributed by atoms with van der Waals surface area (Å²) in [7, 11) is 1.72. The number of halogens is 1. The van der Waals surface area contributed by atoms with E-state index < -0.39 is 0 Å². The second-order valence-electron chi connectivity index (χ2n) is 5.07. The SMILES string of the molecule is CN(C(=O)c1cc(Br)cn1C1CC1)c1cccc(O)c1. The summed E-state index contributed by atoms with van der Waals surface area (Å²) in [5.41, 5.74) is 1.35. The molecule has 1 aromatic heterocycles. The Balaban J connectivity index is 1.92. The number of aromatic nitrogens is 1. The highest BCUT2D eigenvalue weighted by molar-refractivity contribution is 9.10. The van der Waals surface area contributed by atoms with Crippen molar-refractivity contribution in [2.75, 3.05) is 11.9 Å². The summed E-state index contributed by atoms with van der Waals surface area (Å²) in [6, 6.07) is 8.99. The predicted molar refractivity (Wildman–Crippen MR) is 81.2 cm³/mol. The molecule has 1 saturated carbocycles. The number of phenols is 1. The van der Waals surface area contributed by atoms with Gasteiger partial charge in [-0.15, -0.1) is 0 Å². The van der Waals surface area contributed by atoms with Crippen molar-refractivity contribution in [3.8, 4) is 5.75 Å². The number of aromatic hydroxyl groups is 1. The molecule has 1 fully saturated rings. The molecule has 1 amide bonds. The van der Waals surface area contributed by atoms with Crippen LogP contribution in [0.25, 0.3) is 0 Å². The molecule has 1 heterocycles. The lowest BCUT2D eigenvalue weighted by atomic mass is 10.2. The Morgan fingerprint density at radius 1 is 1.40 bits per heavy atom. The number of amides is 1. The van der Waals surface area contributed by atoms with Gasteiger partial charge in [0.2, 0.25) is 0 Å². The Hall–Kier alpha value is -1.75. The van der Waals surface area contributed by atoms with Crippen LogP contribution in [0.5, 0.6) is 5.75 Å². The van der Waals surface area contributed by atoms with Gasteiger partial charge in [-0.3, -0.25) is 4.79 Å². The first-order valence-corrected chi connectivity index (χ1v) is 7.30. The summed E-state index contributed by atoms with van der Waals surface area (Å²) in [5.74, 6) is 0.0779. The van der Waals surface area contributed by atoms with Gasteiger partial charge in [0.05, 0.1) is 0 Å². The number of phenolic OH excluding ortho intramolecular Hbond substituents is 1. The Morgan fingerprint density at radius 3 is 2.80 bits per heavy atom. The number of carbonyl (C=O) groups is 1. The van der Waals surface area contributed by atoms with Crippen LogP contribution in [0, 0.1) is 0 Å². The van der Waals surface area contributed by atoms with Crippen LogP contribution in [0.2, 0.25) is 0 Å². The van der Waals surface area contributed by atoms with Gasteiger partial charge >= 0.3 is 0 Å². The molecular formula is C15H15BrN2O2. The molecule has 0 aliphatic heterocycles. The fraction of sp³-hybridized carbons (Fsp3) is 0.267. The second kappa shape index (κ2) is 4.98. The largest absolute Gasteiger partial charge is 0.508 e. The highest BCUT2D eigenvalue weighted by Gasteiger charge is 2.29. The van der Waals surface area contributed by atoms with Gasteiger partial charge in [0.15, 0.2) is 0 Å². The lowest BCUT2D eigenvalue weighted by Crippen LogP contribution is -2.28. The average molecular weight is 335 g/mol. The Labute approximate surface area is 125 Å². The van der Waals surface area contributed by atoms with Crippen molar-refractivity contribution >= 4 is 27.5 Å². The average Bonchev–Trinajstić information content (AvgIpc) is 3.20. The zero-order valence-electron chi connectivity index (χ0n) is 11.1. The lowest BCUT2D eigenvalue weighted by molar-refractivity contribution is 0.0984. The molecule has 1 aliphatic rings. The minimum absolute atomic E-state index is 0.0757. The van der Waals surface area contributed by atoms with Crippen LogP contribution in [-0.2, 0) is 0 Å². The molecule has 1 aliphatic carbocycles. The third kappa shape index (κ3) is 2.45. The summed E-state index contributed by atoms with van der Waals surface area (Å²) in [5, 5.41) is 9.52. The Kier molecular flexibility index (Phi) is 3.30. The molecule has 0 bridgehead atoms. The molecule has 2 aromatic rings. The minimum Gasteiger partial charge on any atom is -0.508 e. The zero-order chi connectivity index (χ0) is 14.3. The molecule has 20 heavy (non-hydrogen) atoms. The van der Waals surface area contributed by atoms with E-state index in [1.807, 2.05) is 16.8 Å². The third-order valence-corrected chi connectivity index (χ3v) is 3.93. The van der Waals surface area contributed by atoms with E-state index in [4.69, 9.17) is 0 Å². The van der Waals surface area contributed by atoms with Gasteiger partial charge in [-0.2, -0.15) is 0 Å². The Bertz CT molecular complexity index is 662. The topological polar surface area (TPSA) is 45.5 Å². The highest BCUT2D eigenvalue weighted by Crippen LogP contribution is 2.38. The first kappa shape index (κ1) is 13.2. The zero-order valence-corrected chi connectivity index (χ0v) is 12.7. The summed E-state index contributed by atoms with van der Waals surface area (Å²) in [6.45, 7) is 0. The molecular weight excluding hydrogens is 320 g/mol. The smallest absolute Gasteiger partial charge is 0.274 e. The fourth-order valence-electron chi connectivity index (χ4n) is 2.26. The highest BCUT2D eigenvalue weighted by atomic mass is 79.9. The number of hydrogen-bond acceptors (Lipinski definition) is 2. The van der Waals surface area contributed by atoms with E-state index in [-0.39, 0.29) is 11.7 Å². The maximum atomic E-state index is 12.6. The molecule has 0 saturated heterocycles. The second-order valence-corrected chi connectivity index (χ2v) is 5.98. The van der Waals surface area contributed by atoms with Crippen LogP contribution in [0.15, 0.2) is 41.0 Å². The normalized spacial score (nSPS) is 14.3. The van der Waals surface area contributed by atoms with Crippen LogP contribution in [0.4, 0.5) is 5.69 Å². The van der Waals surface area contributed by atoms with E-state index in [1.54, 1.807) is 36.2 Å². The first-order valence-electron chi connectivity index (χ1n) is 6.51. The van der Waals surface area contributed by atoms with E-state index >= 15 is 0 Å². The van der Waals surface area contributed by atoms with Crippen LogP contribution < -0.4 is 4.90 Å². The van der Waals surface area contributed by atoms with Gasteiger partial charge in [0.1, 0.15) is 11.4 Å². The number of rotatable bonds is 3. The van der Waals surface area contributed by atoms with Gasteiger partial charge in [-0.05, 0) is 47.0 Å². The van der Waals surface area contributed by atoms with Crippen LogP contribution >= 0.6 is 15.9 Å². The van der Waals surface area contributed by atoms with Crippen LogP contribution in [0.3, 0.4) is 0 Å². The molecule has 4 nitrogen and oxygen atoms in total. The van der Waals surface area contributed by atoms with E-state index in [1.165, 1.54) is 0 Å². The quantitative estimate of drug-likeness (QED) is 0.932. The summed E-state index contributed by atoms with van der Waals surface area (Å²) < 4.78 is 2.95. The van der Waals surface area contributed by atoms with E-state index in [2.05, 4.69) is 15.9 Å². The third-order valence-electron chi connectivity index (χ3n) is 3.50. The maximum absolute atomic E-state index is 12.6. The molecule has 1 aromatic carbocycles. The van der Waals surface area contributed by atoms with Crippen LogP contribution in [-0.4, -0.2) is 22.6 Å². The van der Waals surface area contributed by atoms with Crippen molar-refractivity contribution in [2.45, 2.75) is 18.9 Å². The number of anilines is 1. The monoisotopic (exact) mass is 334 g/mol. The van der Waals surface area contributed by atoms with Gasteiger partial charge in [-0.25, -0.2) is 0 Å². The number of hydrogen-bond donors (Lipinski definition) is 1. The number of carbonyl (C=O) groups excluding carboxylic acids is 1. The van der Waals surface area contributed by atoms with Crippen molar-refractivity contribution in [3.63, 3.8) is 0 Å². The van der Waals surface area contributed by atoms with Crippen molar-refractivity contribution in [1.29, 1.82) is 0 Å².